The quantitative estimate of drug-likeness (QED) is 0.771. The van der Waals surface area contributed by atoms with Gasteiger partial charge in [0.25, 0.3) is 0 Å². The van der Waals surface area contributed by atoms with Gasteiger partial charge in [-0.2, -0.15) is 4.31 Å². The van der Waals surface area contributed by atoms with Gasteiger partial charge in [0, 0.05) is 18.5 Å². The van der Waals surface area contributed by atoms with Crippen LogP contribution >= 0.6 is 11.6 Å². The summed E-state index contributed by atoms with van der Waals surface area (Å²) in [5.74, 6) is -1.59. The Kier molecular flexibility index (Phi) is 5.57. The molecule has 1 aromatic rings. The number of sulfonamides is 1. The van der Waals surface area contributed by atoms with Crippen molar-refractivity contribution in [2.24, 2.45) is 0 Å². The number of hydrogen-bond acceptors (Lipinski definition) is 2. The van der Waals surface area contributed by atoms with Crippen LogP contribution < -0.4 is 0 Å². The van der Waals surface area contributed by atoms with E-state index in [4.69, 9.17) is 11.6 Å². The van der Waals surface area contributed by atoms with E-state index in [-0.39, 0.29) is 18.5 Å². The van der Waals surface area contributed by atoms with Crippen molar-refractivity contribution in [3.05, 3.63) is 29.8 Å². The molecule has 21 heavy (non-hydrogen) atoms. The van der Waals surface area contributed by atoms with Crippen LogP contribution in [0.3, 0.4) is 0 Å². The van der Waals surface area contributed by atoms with Gasteiger partial charge < -0.3 is 0 Å². The van der Waals surface area contributed by atoms with E-state index in [2.05, 4.69) is 0 Å². The van der Waals surface area contributed by atoms with Crippen molar-refractivity contribution >= 4 is 21.6 Å². The first kappa shape index (κ1) is 16.6. The minimum absolute atomic E-state index is 0.102. The fraction of sp³-hybridized carbons (Fsp3) is 0.571. The van der Waals surface area contributed by atoms with Crippen LogP contribution in [0.1, 0.15) is 32.1 Å². The molecule has 1 aromatic carbocycles. The predicted octanol–water partition coefficient (Wildman–Crippen LogP) is 3.53. The first-order chi connectivity index (χ1) is 9.96. The van der Waals surface area contributed by atoms with Crippen molar-refractivity contribution < 1.29 is 17.2 Å². The standard InChI is InChI=1S/C14H18ClF2NO2S/c15-8-9-18(12-4-2-1-3-5-12)21(19,20)14-10-11(16)6-7-13(14)17/h6-7,10,12H,1-5,8-9H2. The zero-order valence-corrected chi connectivity index (χ0v) is 13.1. The average molecular weight is 338 g/mol. The average Bonchev–Trinajstić information content (AvgIpc) is 2.48. The molecule has 1 aliphatic carbocycles. The van der Waals surface area contributed by atoms with Gasteiger partial charge in [0.2, 0.25) is 10.0 Å². The Bertz CT molecular complexity index is 589. The number of nitrogens with zero attached hydrogens (tertiary/aromatic N) is 1. The van der Waals surface area contributed by atoms with E-state index in [0.29, 0.717) is 0 Å². The second-order valence-corrected chi connectivity index (χ2v) is 7.41. The molecule has 1 aliphatic rings. The molecule has 0 bridgehead atoms. The third kappa shape index (κ3) is 3.73. The monoisotopic (exact) mass is 337 g/mol. The summed E-state index contributed by atoms with van der Waals surface area (Å²) in [6, 6.07) is 2.28. The minimum atomic E-state index is -4.08. The highest BCUT2D eigenvalue weighted by molar-refractivity contribution is 7.89. The normalized spacial score (nSPS) is 17.3. The molecule has 0 aromatic heterocycles. The van der Waals surface area contributed by atoms with E-state index in [1.54, 1.807) is 0 Å². The zero-order chi connectivity index (χ0) is 15.5. The van der Waals surface area contributed by atoms with Gasteiger partial charge in [-0.3, -0.25) is 0 Å². The first-order valence-corrected chi connectivity index (χ1v) is 8.97. The third-order valence-electron chi connectivity index (χ3n) is 3.77. The SMILES string of the molecule is O=S(=O)(c1cc(F)ccc1F)N(CCCl)C1CCCCC1. The molecular weight excluding hydrogens is 320 g/mol. The maximum atomic E-state index is 13.8. The lowest BCUT2D eigenvalue weighted by Gasteiger charge is -2.33. The highest BCUT2D eigenvalue weighted by Gasteiger charge is 2.33. The van der Waals surface area contributed by atoms with Gasteiger partial charge in [-0.15, -0.1) is 11.6 Å². The van der Waals surface area contributed by atoms with Crippen molar-refractivity contribution in [2.75, 3.05) is 12.4 Å². The third-order valence-corrected chi connectivity index (χ3v) is 5.90. The van der Waals surface area contributed by atoms with E-state index in [1.165, 1.54) is 4.31 Å². The smallest absolute Gasteiger partial charge is 0.207 e. The lowest BCUT2D eigenvalue weighted by Crippen LogP contribution is -2.42. The van der Waals surface area contributed by atoms with Crippen LogP contribution in [0.2, 0.25) is 0 Å². The summed E-state index contributed by atoms with van der Waals surface area (Å²) in [5, 5.41) is 0. The summed E-state index contributed by atoms with van der Waals surface area (Å²) < 4.78 is 53.7. The second-order valence-electron chi connectivity index (χ2n) is 5.17. The molecule has 0 spiro atoms. The molecular formula is C14H18ClF2NO2S. The van der Waals surface area contributed by atoms with E-state index >= 15 is 0 Å². The molecule has 0 unspecified atom stereocenters. The molecule has 1 fully saturated rings. The van der Waals surface area contributed by atoms with Gasteiger partial charge in [-0.05, 0) is 31.0 Å². The number of hydrogen-bond donors (Lipinski definition) is 0. The summed E-state index contributed by atoms with van der Waals surface area (Å²) in [7, 11) is -4.08. The molecule has 118 valence electrons. The van der Waals surface area contributed by atoms with E-state index < -0.39 is 26.6 Å². The predicted molar refractivity (Wildman–Crippen MR) is 77.8 cm³/mol. The Labute approximate surface area is 129 Å². The van der Waals surface area contributed by atoms with E-state index in [0.717, 1.165) is 50.3 Å². The molecule has 0 atom stereocenters. The van der Waals surface area contributed by atoms with Crippen LogP contribution in [0.5, 0.6) is 0 Å². The topological polar surface area (TPSA) is 37.4 Å². The summed E-state index contributed by atoms with van der Waals surface area (Å²) in [4.78, 5) is -0.613. The Balaban J connectivity index is 2.39. The Morgan fingerprint density at radius 2 is 1.86 bits per heavy atom. The molecule has 0 N–H and O–H groups in total. The van der Waals surface area contributed by atoms with Crippen molar-refractivity contribution in [1.82, 2.24) is 4.31 Å². The van der Waals surface area contributed by atoms with Crippen LogP contribution in [0.25, 0.3) is 0 Å². The van der Waals surface area contributed by atoms with Crippen molar-refractivity contribution in [1.29, 1.82) is 0 Å². The van der Waals surface area contributed by atoms with Crippen molar-refractivity contribution in [3.63, 3.8) is 0 Å². The maximum absolute atomic E-state index is 13.8. The molecule has 3 nitrogen and oxygen atoms in total. The van der Waals surface area contributed by atoms with Crippen LogP contribution in [-0.2, 0) is 10.0 Å². The highest BCUT2D eigenvalue weighted by atomic mass is 35.5. The Morgan fingerprint density at radius 1 is 1.19 bits per heavy atom. The van der Waals surface area contributed by atoms with Gasteiger partial charge in [0.1, 0.15) is 16.5 Å². The number of alkyl halides is 1. The largest absolute Gasteiger partial charge is 0.246 e. The van der Waals surface area contributed by atoms with Crippen LogP contribution in [0.15, 0.2) is 23.1 Å². The zero-order valence-electron chi connectivity index (χ0n) is 11.6. The van der Waals surface area contributed by atoms with E-state index in [9.17, 15) is 17.2 Å². The van der Waals surface area contributed by atoms with E-state index in [1.807, 2.05) is 0 Å². The Morgan fingerprint density at radius 3 is 2.48 bits per heavy atom. The lowest BCUT2D eigenvalue weighted by atomic mass is 9.95. The molecule has 0 heterocycles. The van der Waals surface area contributed by atoms with Crippen LogP contribution in [0.4, 0.5) is 8.78 Å². The first-order valence-electron chi connectivity index (χ1n) is 6.99. The molecule has 2 rings (SSSR count). The maximum Gasteiger partial charge on any atom is 0.246 e. The Hall–Kier alpha value is -0.720. The molecule has 7 heteroatoms. The van der Waals surface area contributed by atoms with Crippen molar-refractivity contribution in [2.45, 2.75) is 43.0 Å². The number of rotatable bonds is 5. The van der Waals surface area contributed by atoms with Gasteiger partial charge in [-0.1, -0.05) is 19.3 Å². The van der Waals surface area contributed by atoms with Gasteiger partial charge in [0.05, 0.1) is 0 Å². The summed E-state index contributed by atoms with van der Waals surface area (Å²) in [6.07, 6.45) is 4.40. The van der Waals surface area contributed by atoms with Gasteiger partial charge in [-0.25, -0.2) is 17.2 Å². The molecule has 0 amide bonds. The fourth-order valence-corrected chi connectivity index (χ4v) is 4.80. The van der Waals surface area contributed by atoms with Crippen LogP contribution in [-0.4, -0.2) is 31.2 Å². The van der Waals surface area contributed by atoms with Crippen molar-refractivity contribution in [3.8, 4) is 0 Å². The summed E-state index contributed by atoms with van der Waals surface area (Å²) in [5.41, 5.74) is 0. The lowest BCUT2D eigenvalue weighted by molar-refractivity contribution is 0.261. The molecule has 1 saturated carbocycles. The van der Waals surface area contributed by atoms with Gasteiger partial charge in [0.15, 0.2) is 0 Å². The van der Waals surface area contributed by atoms with Crippen LogP contribution in [0, 0.1) is 11.6 Å². The molecule has 0 saturated heterocycles. The summed E-state index contributed by atoms with van der Waals surface area (Å²) in [6.45, 7) is 0.102. The fourth-order valence-electron chi connectivity index (χ4n) is 2.75. The molecule has 0 aliphatic heterocycles. The number of halogens is 3. The summed E-state index contributed by atoms with van der Waals surface area (Å²) >= 11 is 5.71. The molecule has 0 radical (unpaired) electrons. The number of benzene rings is 1. The van der Waals surface area contributed by atoms with Gasteiger partial charge >= 0.3 is 0 Å². The second kappa shape index (κ2) is 7.03. The highest BCUT2D eigenvalue weighted by Crippen LogP contribution is 2.29. The minimum Gasteiger partial charge on any atom is -0.207 e.